The Labute approximate surface area is 131 Å². The molecule has 2 N–H and O–H groups in total. The van der Waals surface area contributed by atoms with Crippen LogP contribution in [-0.2, 0) is 20.7 Å². The Morgan fingerprint density at radius 3 is 2.14 bits per heavy atom. The van der Waals surface area contributed by atoms with E-state index in [1.165, 1.54) is 7.11 Å². The van der Waals surface area contributed by atoms with Crippen LogP contribution in [0.1, 0.15) is 36.7 Å². The molecule has 0 radical (unpaired) electrons. The topological polar surface area (TPSA) is 78.6 Å². The molecule has 0 aliphatic rings. The number of hydrogen-bond acceptors (Lipinski definition) is 5. The van der Waals surface area contributed by atoms with Crippen molar-refractivity contribution in [3.8, 4) is 0 Å². The van der Waals surface area contributed by atoms with Gasteiger partial charge in [-0.25, -0.2) is 4.79 Å². The lowest BCUT2D eigenvalue weighted by molar-refractivity contribution is -0.142. The molecule has 1 atom stereocenters. The van der Waals surface area contributed by atoms with Crippen molar-refractivity contribution in [3.63, 3.8) is 0 Å². The van der Waals surface area contributed by atoms with E-state index in [-0.39, 0.29) is 18.4 Å². The number of rotatable bonds is 4. The van der Waals surface area contributed by atoms with Crippen molar-refractivity contribution in [2.45, 2.75) is 38.8 Å². The summed E-state index contributed by atoms with van der Waals surface area (Å²) in [5, 5.41) is 0. The molecule has 5 nitrogen and oxygen atoms in total. The molecule has 0 amide bonds. The molecule has 1 rings (SSSR count). The Morgan fingerprint density at radius 1 is 1.19 bits per heavy atom. The molecule has 1 aromatic carbocycles. The van der Waals surface area contributed by atoms with Gasteiger partial charge in [0.1, 0.15) is 11.6 Å². The average Bonchev–Trinajstić information content (AvgIpc) is 2.36. The summed E-state index contributed by atoms with van der Waals surface area (Å²) in [6.07, 6.45) is 0.362. The van der Waals surface area contributed by atoms with Crippen molar-refractivity contribution in [1.82, 2.24) is 0 Å². The summed E-state index contributed by atoms with van der Waals surface area (Å²) in [7, 11) is 1.30. The molecule has 0 aliphatic carbocycles. The second-order valence-corrected chi connectivity index (χ2v) is 5.53. The van der Waals surface area contributed by atoms with Gasteiger partial charge in [0, 0.05) is 0 Å². The Bertz CT molecular complexity index is 479. The van der Waals surface area contributed by atoms with Gasteiger partial charge in [-0.05, 0) is 44.9 Å². The molecule has 0 bridgehead atoms. The molecule has 0 heterocycles. The number of ether oxygens (including phenoxy) is 2. The van der Waals surface area contributed by atoms with Gasteiger partial charge in [-0.2, -0.15) is 0 Å². The number of esters is 2. The van der Waals surface area contributed by atoms with E-state index in [0.29, 0.717) is 12.0 Å². The molecule has 0 fully saturated rings. The van der Waals surface area contributed by atoms with E-state index < -0.39 is 17.6 Å². The van der Waals surface area contributed by atoms with Crippen LogP contribution in [0, 0.1) is 0 Å². The highest BCUT2D eigenvalue weighted by Gasteiger charge is 2.18. The highest BCUT2D eigenvalue weighted by molar-refractivity contribution is 5.89. The third kappa shape index (κ3) is 6.60. The molecule has 0 saturated carbocycles. The second-order valence-electron chi connectivity index (χ2n) is 5.53. The fourth-order valence-electron chi connectivity index (χ4n) is 1.60. The minimum atomic E-state index is -0.702. The predicted octanol–water partition coefficient (Wildman–Crippen LogP) is 2.11. The van der Waals surface area contributed by atoms with Gasteiger partial charge in [-0.3, -0.25) is 4.79 Å². The first kappa shape index (κ1) is 19.4. The van der Waals surface area contributed by atoms with Gasteiger partial charge in [0.05, 0.1) is 12.7 Å². The van der Waals surface area contributed by atoms with E-state index in [1.54, 1.807) is 24.3 Å². The first-order chi connectivity index (χ1) is 9.23. The summed E-state index contributed by atoms with van der Waals surface area (Å²) >= 11 is 0. The fraction of sp³-hybridized carbons (Fsp3) is 0.467. The molecule has 21 heavy (non-hydrogen) atoms. The van der Waals surface area contributed by atoms with E-state index in [0.717, 1.165) is 5.56 Å². The van der Waals surface area contributed by atoms with E-state index in [4.69, 9.17) is 10.5 Å². The summed E-state index contributed by atoms with van der Waals surface area (Å²) in [5.41, 5.74) is 6.47. The minimum Gasteiger partial charge on any atom is -0.468 e. The summed E-state index contributed by atoms with van der Waals surface area (Å²) in [6, 6.07) is 6.12. The van der Waals surface area contributed by atoms with E-state index >= 15 is 0 Å². The lowest BCUT2D eigenvalue weighted by Crippen LogP contribution is -2.33. The largest absolute Gasteiger partial charge is 0.468 e. The molecular formula is C15H22ClNO4. The maximum Gasteiger partial charge on any atom is 0.338 e. The van der Waals surface area contributed by atoms with E-state index in [1.807, 2.05) is 20.8 Å². The highest BCUT2D eigenvalue weighted by atomic mass is 35.5. The van der Waals surface area contributed by atoms with Gasteiger partial charge in [-0.15, -0.1) is 12.4 Å². The average molecular weight is 316 g/mol. The van der Waals surface area contributed by atoms with Gasteiger partial charge in [0.2, 0.25) is 0 Å². The predicted molar refractivity (Wildman–Crippen MR) is 82.6 cm³/mol. The molecule has 0 aliphatic heterocycles. The second kappa shape index (κ2) is 8.00. The number of hydrogen-bond donors (Lipinski definition) is 1. The third-order valence-electron chi connectivity index (χ3n) is 2.55. The lowest BCUT2D eigenvalue weighted by Gasteiger charge is -2.19. The molecule has 0 saturated heterocycles. The fourth-order valence-corrected chi connectivity index (χ4v) is 1.60. The molecule has 118 valence electrons. The summed E-state index contributed by atoms with van der Waals surface area (Å²) < 4.78 is 9.83. The minimum absolute atomic E-state index is 0. The van der Waals surface area contributed by atoms with Crippen molar-refractivity contribution < 1.29 is 19.1 Å². The SMILES string of the molecule is COC(=O)[C@@H](N)Cc1ccc(C(=O)OC(C)(C)C)cc1.Cl. The first-order valence-electron chi connectivity index (χ1n) is 6.38. The van der Waals surface area contributed by atoms with Gasteiger partial charge in [0.15, 0.2) is 0 Å². The normalized spacial score (nSPS) is 12.0. The molecule has 1 aromatic rings. The Kier molecular flexibility index (Phi) is 7.39. The third-order valence-corrected chi connectivity index (χ3v) is 2.55. The monoisotopic (exact) mass is 315 g/mol. The molecule has 0 unspecified atom stereocenters. The van der Waals surface area contributed by atoms with Gasteiger partial charge in [0.25, 0.3) is 0 Å². The van der Waals surface area contributed by atoms with E-state index in [9.17, 15) is 9.59 Å². The maximum atomic E-state index is 11.8. The molecule has 6 heteroatoms. The van der Waals surface area contributed by atoms with E-state index in [2.05, 4.69) is 4.74 Å². The zero-order valence-electron chi connectivity index (χ0n) is 12.7. The van der Waals surface area contributed by atoms with Crippen LogP contribution >= 0.6 is 12.4 Å². The van der Waals surface area contributed by atoms with Gasteiger partial charge < -0.3 is 15.2 Å². The summed E-state index contributed by atoms with van der Waals surface area (Å²) in [6.45, 7) is 5.44. The number of methoxy groups -OCH3 is 1. The van der Waals surface area contributed by atoms with Crippen molar-refractivity contribution in [2.75, 3.05) is 7.11 Å². The van der Waals surface area contributed by atoms with Crippen LogP contribution in [0.5, 0.6) is 0 Å². The maximum absolute atomic E-state index is 11.8. The Morgan fingerprint density at radius 2 is 1.71 bits per heavy atom. The lowest BCUT2D eigenvalue weighted by atomic mass is 10.0. The zero-order chi connectivity index (χ0) is 15.3. The van der Waals surface area contributed by atoms with Crippen LogP contribution in [0.15, 0.2) is 24.3 Å². The Balaban J connectivity index is 0.00000400. The molecule has 0 spiro atoms. The van der Waals surface area contributed by atoms with Gasteiger partial charge in [-0.1, -0.05) is 12.1 Å². The van der Waals surface area contributed by atoms with Crippen LogP contribution in [0.25, 0.3) is 0 Å². The quantitative estimate of drug-likeness (QED) is 0.861. The number of carbonyl (C=O) groups is 2. The van der Waals surface area contributed by atoms with Gasteiger partial charge >= 0.3 is 11.9 Å². The summed E-state index contributed by atoms with van der Waals surface area (Å²) in [4.78, 5) is 23.1. The van der Waals surface area contributed by atoms with Crippen LogP contribution in [0.2, 0.25) is 0 Å². The van der Waals surface area contributed by atoms with Crippen LogP contribution in [0.3, 0.4) is 0 Å². The number of nitrogens with two attached hydrogens (primary N) is 1. The molecule has 0 aromatic heterocycles. The zero-order valence-corrected chi connectivity index (χ0v) is 13.5. The first-order valence-corrected chi connectivity index (χ1v) is 6.38. The van der Waals surface area contributed by atoms with Crippen LogP contribution in [0.4, 0.5) is 0 Å². The smallest absolute Gasteiger partial charge is 0.338 e. The van der Waals surface area contributed by atoms with Crippen molar-refractivity contribution in [2.24, 2.45) is 5.73 Å². The highest BCUT2D eigenvalue weighted by Crippen LogP contribution is 2.13. The standard InChI is InChI=1S/C15H21NO4.ClH/c1-15(2,3)20-13(17)11-7-5-10(6-8-11)9-12(16)14(18)19-4;/h5-8,12H,9,16H2,1-4H3;1H/t12-;/m0./s1. The van der Waals surface area contributed by atoms with Crippen LogP contribution < -0.4 is 5.73 Å². The number of carbonyl (C=O) groups excluding carboxylic acids is 2. The van der Waals surface area contributed by atoms with Crippen molar-refractivity contribution in [3.05, 3.63) is 35.4 Å². The van der Waals surface area contributed by atoms with Crippen molar-refractivity contribution in [1.29, 1.82) is 0 Å². The summed E-state index contributed by atoms with van der Waals surface area (Å²) in [5.74, 6) is -0.831. The Hall–Kier alpha value is -1.59. The number of benzene rings is 1. The molecular weight excluding hydrogens is 294 g/mol. The van der Waals surface area contributed by atoms with Crippen LogP contribution in [-0.4, -0.2) is 30.7 Å². The van der Waals surface area contributed by atoms with Crippen molar-refractivity contribution >= 4 is 24.3 Å². The number of halogens is 1.